The van der Waals surface area contributed by atoms with Gasteiger partial charge in [0.15, 0.2) is 5.82 Å². The van der Waals surface area contributed by atoms with Crippen molar-refractivity contribution in [1.29, 1.82) is 0 Å². The molecule has 0 saturated carbocycles. The number of benzene rings is 1. The fourth-order valence-corrected chi connectivity index (χ4v) is 2.76. The quantitative estimate of drug-likeness (QED) is 0.543. The van der Waals surface area contributed by atoms with E-state index in [9.17, 15) is 4.79 Å². The minimum atomic E-state index is -0.261. The Labute approximate surface area is 161 Å². The first-order valence-corrected chi connectivity index (χ1v) is 8.84. The van der Waals surface area contributed by atoms with Gasteiger partial charge in [-0.2, -0.15) is 10.2 Å². The van der Waals surface area contributed by atoms with Gasteiger partial charge in [-0.25, -0.2) is 19.1 Å². The van der Waals surface area contributed by atoms with E-state index in [1.165, 1.54) is 0 Å². The highest BCUT2D eigenvalue weighted by Gasteiger charge is 2.08. The smallest absolute Gasteiger partial charge is 0.315 e. The van der Waals surface area contributed by atoms with Crippen LogP contribution in [0.15, 0.2) is 79.5 Å². The second-order valence-electron chi connectivity index (χ2n) is 6.10. The molecule has 0 bridgehead atoms. The summed E-state index contributed by atoms with van der Waals surface area (Å²) in [5.74, 6) is 0.692. The maximum atomic E-state index is 12.2. The third-order valence-electron chi connectivity index (χ3n) is 4.14. The van der Waals surface area contributed by atoms with Gasteiger partial charge in [0.25, 0.3) is 0 Å². The number of carbonyl (C=O) groups excluding carboxylic acids is 1. The van der Waals surface area contributed by atoms with Crippen LogP contribution in [0.3, 0.4) is 0 Å². The van der Waals surface area contributed by atoms with Crippen LogP contribution in [0.4, 0.5) is 4.79 Å². The number of hydrogen-bond acceptors (Lipinski definition) is 4. The third-order valence-corrected chi connectivity index (χ3v) is 4.14. The Morgan fingerprint density at radius 2 is 1.75 bits per heavy atom. The molecule has 0 saturated heterocycles. The lowest BCUT2D eigenvalue weighted by molar-refractivity contribution is 0.240. The standard InChI is InChI=1S/C20H19N7O/c28-20(22-12-16-13-25-27(15-16)18-7-2-1-3-8-18)23-14-17-6-4-9-21-19(17)26-11-5-10-24-26/h1-11,13,15H,12,14H2,(H2,22,23,28). The van der Waals surface area contributed by atoms with E-state index in [1.807, 2.05) is 60.9 Å². The first kappa shape index (κ1) is 17.5. The number of hydrogen-bond donors (Lipinski definition) is 2. The second kappa shape index (κ2) is 8.17. The Bertz CT molecular complexity index is 1040. The third kappa shape index (κ3) is 4.07. The van der Waals surface area contributed by atoms with E-state index in [0.29, 0.717) is 18.9 Å². The SMILES string of the molecule is O=C(NCc1cnn(-c2ccccc2)c1)NCc1cccnc1-n1cccn1. The lowest BCUT2D eigenvalue weighted by Gasteiger charge is -2.10. The summed E-state index contributed by atoms with van der Waals surface area (Å²) in [5, 5.41) is 14.2. The number of rotatable bonds is 6. The van der Waals surface area contributed by atoms with Crippen LogP contribution in [-0.2, 0) is 13.1 Å². The normalized spacial score (nSPS) is 10.6. The van der Waals surface area contributed by atoms with Crippen molar-refractivity contribution in [1.82, 2.24) is 35.2 Å². The summed E-state index contributed by atoms with van der Waals surface area (Å²) in [4.78, 5) is 16.5. The highest BCUT2D eigenvalue weighted by molar-refractivity contribution is 5.73. The predicted octanol–water partition coefficient (Wildman–Crippen LogP) is 2.45. The fraction of sp³-hybridized carbons (Fsp3) is 0.100. The number of urea groups is 1. The van der Waals surface area contributed by atoms with Gasteiger partial charge < -0.3 is 10.6 Å². The highest BCUT2D eigenvalue weighted by atomic mass is 16.2. The topological polar surface area (TPSA) is 89.7 Å². The van der Waals surface area contributed by atoms with Crippen LogP contribution in [0, 0.1) is 0 Å². The zero-order chi connectivity index (χ0) is 19.2. The van der Waals surface area contributed by atoms with E-state index in [-0.39, 0.29) is 6.03 Å². The number of amides is 2. The van der Waals surface area contributed by atoms with E-state index >= 15 is 0 Å². The van der Waals surface area contributed by atoms with Crippen molar-refractivity contribution in [3.63, 3.8) is 0 Å². The van der Waals surface area contributed by atoms with E-state index in [0.717, 1.165) is 16.8 Å². The average molecular weight is 373 g/mol. The summed E-state index contributed by atoms with van der Waals surface area (Å²) in [6, 6.07) is 15.1. The van der Waals surface area contributed by atoms with Crippen molar-refractivity contribution in [2.75, 3.05) is 0 Å². The van der Waals surface area contributed by atoms with Gasteiger partial charge in [-0.1, -0.05) is 24.3 Å². The van der Waals surface area contributed by atoms with Gasteiger partial charge in [0.2, 0.25) is 0 Å². The molecule has 8 heteroatoms. The van der Waals surface area contributed by atoms with Gasteiger partial charge in [0.05, 0.1) is 11.9 Å². The molecular weight excluding hydrogens is 354 g/mol. The highest BCUT2D eigenvalue weighted by Crippen LogP contribution is 2.10. The lowest BCUT2D eigenvalue weighted by Crippen LogP contribution is -2.34. The number of para-hydroxylation sites is 1. The van der Waals surface area contributed by atoms with Crippen LogP contribution < -0.4 is 10.6 Å². The first-order valence-electron chi connectivity index (χ1n) is 8.84. The average Bonchev–Trinajstić information content (AvgIpc) is 3.44. The summed E-state index contributed by atoms with van der Waals surface area (Å²) >= 11 is 0. The Morgan fingerprint density at radius 1 is 0.893 bits per heavy atom. The lowest BCUT2D eigenvalue weighted by atomic mass is 10.2. The molecule has 8 nitrogen and oxygen atoms in total. The zero-order valence-corrected chi connectivity index (χ0v) is 15.1. The van der Waals surface area contributed by atoms with Gasteiger partial charge in [-0.15, -0.1) is 0 Å². The molecule has 0 aliphatic heterocycles. The minimum absolute atomic E-state index is 0.261. The summed E-state index contributed by atoms with van der Waals surface area (Å²) in [7, 11) is 0. The predicted molar refractivity (Wildman–Crippen MR) is 104 cm³/mol. The maximum Gasteiger partial charge on any atom is 0.315 e. The van der Waals surface area contributed by atoms with Crippen LogP contribution in [0.25, 0.3) is 11.5 Å². The minimum Gasteiger partial charge on any atom is -0.334 e. The first-order chi connectivity index (χ1) is 13.8. The van der Waals surface area contributed by atoms with Crippen LogP contribution >= 0.6 is 0 Å². The molecular formula is C20H19N7O. The van der Waals surface area contributed by atoms with Crippen molar-refractivity contribution in [2.24, 2.45) is 0 Å². The molecule has 0 fully saturated rings. The Hall–Kier alpha value is -3.94. The van der Waals surface area contributed by atoms with Gasteiger partial charge >= 0.3 is 6.03 Å². The van der Waals surface area contributed by atoms with Crippen molar-refractivity contribution in [2.45, 2.75) is 13.1 Å². The molecule has 140 valence electrons. The zero-order valence-electron chi connectivity index (χ0n) is 15.1. The number of pyridine rings is 1. The Kier molecular flexibility index (Phi) is 5.10. The number of aromatic nitrogens is 5. The molecule has 1 aromatic carbocycles. The van der Waals surface area contributed by atoms with Crippen molar-refractivity contribution < 1.29 is 4.79 Å². The van der Waals surface area contributed by atoms with E-state index < -0.39 is 0 Å². The maximum absolute atomic E-state index is 12.2. The molecule has 0 radical (unpaired) electrons. The van der Waals surface area contributed by atoms with Gasteiger partial charge in [-0.05, 0) is 24.3 Å². The summed E-state index contributed by atoms with van der Waals surface area (Å²) in [6.45, 7) is 0.732. The van der Waals surface area contributed by atoms with Crippen molar-refractivity contribution in [3.8, 4) is 11.5 Å². The monoisotopic (exact) mass is 373 g/mol. The molecule has 3 heterocycles. The summed E-state index contributed by atoms with van der Waals surface area (Å²) in [6.07, 6.45) is 8.84. The molecule has 2 N–H and O–H groups in total. The van der Waals surface area contributed by atoms with E-state index in [4.69, 9.17) is 0 Å². The van der Waals surface area contributed by atoms with Crippen molar-refractivity contribution >= 4 is 6.03 Å². The molecule has 4 rings (SSSR count). The van der Waals surface area contributed by atoms with Crippen LogP contribution in [0.1, 0.15) is 11.1 Å². The molecule has 4 aromatic rings. The van der Waals surface area contributed by atoms with E-state index in [1.54, 1.807) is 28.0 Å². The Balaban J connectivity index is 1.32. The molecule has 0 atom stereocenters. The van der Waals surface area contributed by atoms with Crippen LogP contribution in [-0.4, -0.2) is 30.6 Å². The fourth-order valence-electron chi connectivity index (χ4n) is 2.76. The largest absolute Gasteiger partial charge is 0.334 e. The second-order valence-corrected chi connectivity index (χ2v) is 6.10. The number of carbonyl (C=O) groups is 1. The molecule has 0 aliphatic rings. The molecule has 0 unspecified atom stereocenters. The molecule has 28 heavy (non-hydrogen) atoms. The molecule has 0 aliphatic carbocycles. The van der Waals surface area contributed by atoms with Gasteiger partial charge in [0, 0.05) is 49.0 Å². The van der Waals surface area contributed by atoms with E-state index in [2.05, 4.69) is 25.8 Å². The van der Waals surface area contributed by atoms with Crippen molar-refractivity contribution in [3.05, 3.63) is 90.6 Å². The van der Waals surface area contributed by atoms with Gasteiger partial charge in [0.1, 0.15) is 0 Å². The molecule has 3 aromatic heterocycles. The number of nitrogens with zero attached hydrogens (tertiary/aromatic N) is 5. The summed E-state index contributed by atoms with van der Waals surface area (Å²) < 4.78 is 3.45. The summed E-state index contributed by atoms with van der Waals surface area (Å²) in [5.41, 5.74) is 2.76. The molecule has 2 amide bonds. The van der Waals surface area contributed by atoms with Gasteiger partial charge in [-0.3, -0.25) is 0 Å². The van der Waals surface area contributed by atoms with Crippen LogP contribution in [0.5, 0.6) is 0 Å². The number of nitrogens with one attached hydrogen (secondary N) is 2. The molecule has 0 spiro atoms. The van der Waals surface area contributed by atoms with Crippen LogP contribution in [0.2, 0.25) is 0 Å². The Morgan fingerprint density at radius 3 is 2.57 bits per heavy atom.